The molecule has 1 unspecified atom stereocenters. The van der Waals surface area contributed by atoms with Gasteiger partial charge < -0.3 is 4.74 Å². The van der Waals surface area contributed by atoms with Gasteiger partial charge in [-0.1, -0.05) is 12.1 Å². The normalized spacial score (nSPS) is 11.8. The first-order valence-corrected chi connectivity index (χ1v) is 4.62. The number of hydrogen-bond donors (Lipinski definition) is 0. The molecule has 62 valence electrons. The maximum absolute atomic E-state index is 8.51. The number of halogens is 1. The van der Waals surface area contributed by atoms with Crippen LogP contribution in [0.25, 0.3) is 0 Å². The second kappa shape index (κ2) is 4.31. The standard InChI is InChI=1S/C9H8INO/c1-7(6-11)12-9-5-3-2-4-8(9)10/h2-5,7H,1H3. The second-order valence-electron chi connectivity index (χ2n) is 2.32. The summed E-state index contributed by atoms with van der Waals surface area (Å²) in [6.45, 7) is 1.73. The van der Waals surface area contributed by atoms with E-state index in [1.165, 1.54) is 0 Å². The molecule has 0 aromatic heterocycles. The lowest BCUT2D eigenvalue weighted by atomic mass is 10.3. The summed E-state index contributed by atoms with van der Waals surface area (Å²) in [4.78, 5) is 0. The predicted molar refractivity (Wildman–Crippen MR) is 54.9 cm³/mol. The first-order valence-electron chi connectivity index (χ1n) is 3.55. The number of nitrogens with zero attached hydrogens (tertiary/aromatic N) is 1. The largest absolute Gasteiger partial charge is 0.475 e. The molecule has 0 spiro atoms. The predicted octanol–water partition coefficient (Wildman–Crippen LogP) is 2.58. The molecule has 0 saturated heterocycles. The minimum Gasteiger partial charge on any atom is -0.475 e. The summed E-state index contributed by atoms with van der Waals surface area (Å²) in [6, 6.07) is 9.64. The Bertz CT molecular complexity index is 306. The molecular weight excluding hydrogens is 265 g/mol. The number of hydrogen-bond acceptors (Lipinski definition) is 2. The van der Waals surface area contributed by atoms with Crippen molar-refractivity contribution < 1.29 is 4.74 Å². The summed E-state index contributed by atoms with van der Waals surface area (Å²) in [5.41, 5.74) is 0. The van der Waals surface area contributed by atoms with Gasteiger partial charge in [0.05, 0.1) is 3.57 Å². The smallest absolute Gasteiger partial charge is 0.181 e. The van der Waals surface area contributed by atoms with Gasteiger partial charge in [-0.3, -0.25) is 0 Å². The fraction of sp³-hybridized carbons (Fsp3) is 0.222. The highest BCUT2D eigenvalue weighted by Crippen LogP contribution is 2.20. The number of ether oxygens (including phenoxy) is 1. The Morgan fingerprint density at radius 2 is 2.17 bits per heavy atom. The van der Waals surface area contributed by atoms with Crippen LogP contribution < -0.4 is 4.74 Å². The molecule has 0 aliphatic heterocycles. The Hall–Kier alpha value is -0.760. The number of rotatable bonds is 2. The van der Waals surface area contributed by atoms with Crippen LogP contribution in [0, 0.1) is 14.9 Å². The molecule has 0 aliphatic carbocycles. The maximum Gasteiger partial charge on any atom is 0.181 e. The van der Waals surface area contributed by atoms with E-state index in [0.29, 0.717) is 0 Å². The van der Waals surface area contributed by atoms with E-state index < -0.39 is 0 Å². The molecule has 2 nitrogen and oxygen atoms in total. The van der Waals surface area contributed by atoms with Gasteiger partial charge in [0.15, 0.2) is 6.10 Å². The van der Waals surface area contributed by atoms with Crippen LogP contribution in [0.15, 0.2) is 24.3 Å². The number of benzene rings is 1. The van der Waals surface area contributed by atoms with E-state index in [9.17, 15) is 0 Å². The fourth-order valence-electron chi connectivity index (χ4n) is 0.757. The Kier molecular flexibility index (Phi) is 3.35. The van der Waals surface area contributed by atoms with Crippen molar-refractivity contribution in [2.75, 3.05) is 0 Å². The van der Waals surface area contributed by atoms with Gasteiger partial charge in [-0.2, -0.15) is 5.26 Å². The highest BCUT2D eigenvalue weighted by atomic mass is 127. The Morgan fingerprint density at radius 1 is 1.50 bits per heavy atom. The van der Waals surface area contributed by atoms with Crippen LogP contribution in [0.2, 0.25) is 0 Å². The summed E-state index contributed by atoms with van der Waals surface area (Å²) in [7, 11) is 0. The van der Waals surface area contributed by atoms with Gasteiger partial charge in [-0.15, -0.1) is 0 Å². The van der Waals surface area contributed by atoms with Gasteiger partial charge in [0, 0.05) is 0 Å². The van der Waals surface area contributed by atoms with Crippen LogP contribution in [0.1, 0.15) is 6.92 Å². The molecule has 1 aromatic rings. The summed E-state index contributed by atoms with van der Waals surface area (Å²) in [5, 5.41) is 8.51. The topological polar surface area (TPSA) is 33.0 Å². The molecule has 0 radical (unpaired) electrons. The van der Waals surface area contributed by atoms with Crippen molar-refractivity contribution in [1.82, 2.24) is 0 Å². The van der Waals surface area contributed by atoms with E-state index in [4.69, 9.17) is 10.00 Å². The molecule has 0 saturated carbocycles. The molecule has 0 bridgehead atoms. The SMILES string of the molecule is CC(C#N)Oc1ccccc1I. The van der Waals surface area contributed by atoms with Gasteiger partial charge in [0.25, 0.3) is 0 Å². The van der Waals surface area contributed by atoms with Crippen molar-refractivity contribution >= 4 is 22.6 Å². The highest BCUT2D eigenvalue weighted by Gasteiger charge is 2.03. The van der Waals surface area contributed by atoms with E-state index in [2.05, 4.69) is 22.6 Å². The molecule has 12 heavy (non-hydrogen) atoms. The minimum atomic E-state index is -0.388. The molecule has 1 atom stereocenters. The average Bonchev–Trinajstić information content (AvgIpc) is 2.09. The molecular formula is C9H8INO. The molecule has 0 heterocycles. The first-order chi connectivity index (χ1) is 5.74. The van der Waals surface area contributed by atoms with E-state index in [1.54, 1.807) is 6.92 Å². The third kappa shape index (κ3) is 2.38. The van der Waals surface area contributed by atoms with E-state index in [-0.39, 0.29) is 6.10 Å². The van der Waals surface area contributed by atoms with Crippen molar-refractivity contribution in [2.45, 2.75) is 13.0 Å². The van der Waals surface area contributed by atoms with Crippen molar-refractivity contribution in [3.8, 4) is 11.8 Å². The fourth-order valence-corrected chi connectivity index (χ4v) is 1.27. The van der Waals surface area contributed by atoms with Crippen LogP contribution in [-0.2, 0) is 0 Å². The van der Waals surface area contributed by atoms with E-state index in [1.807, 2.05) is 30.3 Å². The summed E-state index contributed by atoms with van der Waals surface area (Å²) in [5.74, 6) is 0.771. The monoisotopic (exact) mass is 273 g/mol. The number of para-hydroxylation sites is 1. The van der Waals surface area contributed by atoms with Crippen LogP contribution >= 0.6 is 22.6 Å². The Balaban J connectivity index is 2.77. The maximum atomic E-state index is 8.51. The molecule has 0 fully saturated rings. The summed E-state index contributed by atoms with van der Waals surface area (Å²) >= 11 is 2.18. The lowest BCUT2D eigenvalue weighted by molar-refractivity contribution is 0.274. The van der Waals surface area contributed by atoms with Gasteiger partial charge in [-0.05, 0) is 41.6 Å². The lowest BCUT2D eigenvalue weighted by Crippen LogP contribution is -2.08. The van der Waals surface area contributed by atoms with E-state index in [0.717, 1.165) is 9.32 Å². The van der Waals surface area contributed by atoms with Crippen molar-refractivity contribution in [3.05, 3.63) is 27.8 Å². The van der Waals surface area contributed by atoms with Gasteiger partial charge in [-0.25, -0.2) is 0 Å². The average molecular weight is 273 g/mol. The van der Waals surface area contributed by atoms with Crippen LogP contribution in [-0.4, -0.2) is 6.10 Å². The molecule has 0 N–H and O–H groups in total. The number of nitriles is 1. The van der Waals surface area contributed by atoms with Gasteiger partial charge >= 0.3 is 0 Å². The quantitative estimate of drug-likeness (QED) is 0.776. The van der Waals surface area contributed by atoms with Crippen LogP contribution in [0.4, 0.5) is 0 Å². The minimum absolute atomic E-state index is 0.388. The molecule has 0 amide bonds. The van der Waals surface area contributed by atoms with Crippen molar-refractivity contribution in [2.24, 2.45) is 0 Å². The van der Waals surface area contributed by atoms with Crippen LogP contribution in [0.3, 0.4) is 0 Å². The zero-order valence-electron chi connectivity index (χ0n) is 6.62. The Labute approximate surface area is 85.3 Å². The van der Waals surface area contributed by atoms with Crippen molar-refractivity contribution in [1.29, 1.82) is 5.26 Å². The third-order valence-corrected chi connectivity index (χ3v) is 2.21. The first kappa shape index (κ1) is 9.33. The summed E-state index contributed by atoms with van der Waals surface area (Å²) < 4.78 is 6.35. The molecule has 0 aliphatic rings. The summed E-state index contributed by atoms with van der Waals surface area (Å²) in [6.07, 6.45) is -0.388. The van der Waals surface area contributed by atoms with Crippen molar-refractivity contribution in [3.63, 3.8) is 0 Å². The lowest BCUT2D eigenvalue weighted by Gasteiger charge is -2.08. The third-order valence-electron chi connectivity index (χ3n) is 1.32. The second-order valence-corrected chi connectivity index (χ2v) is 3.48. The van der Waals surface area contributed by atoms with Gasteiger partial charge in [0.1, 0.15) is 11.8 Å². The van der Waals surface area contributed by atoms with Crippen LogP contribution in [0.5, 0.6) is 5.75 Å². The van der Waals surface area contributed by atoms with E-state index >= 15 is 0 Å². The molecule has 1 rings (SSSR count). The highest BCUT2D eigenvalue weighted by molar-refractivity contribution is 14.1. The van der Waals surface area contributed by atoms with Gasteiger partial charge in [0.2, 0.25) is 0 Å². The Morgan fingerprint density at radius 3 is 2.75 bits per heavy atom. The molecule has 3 heteroatoms. The zero-order valence-corrected chi connectivity index (χ0v) is 8.78. The zero-order chi connectivity index (χ0) is 8.97. The molecule has 1 aromatic carbocycles.